The molecule has 0 aliphatic heterocycles. The summed E-state index contributed by atoms with van der Waals surface area (Å²) >= 11 is 0. The summed E-state index contributed by atoms with van der Waals surface area (Å²) in [4.78, 5) is 0. The van der Waals surface area contributed by atoms with Gasteiger partial charge >= 0.3 is 0 Å². The quantitative estimate of drug-likeness (QED) is 0.785. The van der Waals surface area contributed by atoms with Gasteiger partial charge < -0.3 is 10.8 Å². The number of nitrogens with two attached hydrogens (primary N) is 1. The van der Waals surface area contributed by atoms with Gasteiger partial charge in [0.2, 0.25) is 0 Å². The van der Waals surface area contributed by atoms with E-state index in [9.17, 15) is 13.2 Å². The van der Waals surface area contributed by atoms with E-state index in [0.29, 0.717) is 6.07 Å². The SMILES string of the molecule is CC(C)(CO)[C@H](N)c1cc(F)cc(F)c1F. The van der Waals surface area contributed by atoms with Crippen molar-refractivity contribution >= 4 is 0 Å². The summed E-state index contributed by atoms with van der Waals surface area (Å²) in [5, 5.41) is 9.07. The summed E-state index contributed by atoms with van der Waals surface area (Å²) in [6.45, 7) is 2.85. The first-order chi connectivity index (χ1) is 7.29. The van der Waals surface area contributed by atoms with Crippen LogP contribution in [0.15, 0.2) is 12.1 Å². The average molecular weight is 233 g/mol. The van der Waals surface area contributed by atoms with Gasteiger partial charge in [0.25, 0.3) is 0 Å². The fourth-order valence-electron chi connectivity index (χ4n) is 1.32. The number of rotatable bonds is 3. The normalized spacial score (nSPS) is 13.9. The van der Waals surface area contributed by atoms with Crippen molar-refractivity contribution in [1.29, 1.82) is 0 Å². The van der Waals surface area contributed by atoms with Crippen molar-refractivity contribution in [1.82, 2.24) is 0 Å². The van der Waals surface area contributed by atoms with E-state index in [-0.39, 0.29) is 12.2 Å². The molecule has 5 heteroatoms. The second kappa shape index (κ2) is 4.43. The number of aliphatic hydroxyl groups excluding tert-OH is 1. The minimum absolute atomic E-state index is 0.267. The standard InChI is InChI=1S/C11H14F3NO/c1-11(2,5-16)10(15)7-3-6(12)4-8(13)9(7)14/h3-4,10,16H,5,15H2,1-2H3/t10-/m1/s1. The van der Waals surface area contributed by atoms with Gasteiger partial charge in [0.15, 0.2) is 11.6 Å². The van der Waals surface area contributed by atoms with Crippen LogP contribution in [0.3, 0.4) is 0 Å². The van der Waals surface area contributed by atoms with Gasteiger partial charge in [-0.15, -0.1) is 0 Å². The Morgan fingerprint density at radius 3 is 2.38 bits per heavy atom. The lowest BCUT2D eigenvalue weighted by molar-refractivity contribution is 0.130. The number of benzene rings is 1. The largest absolute Gasteiger partial charge is 0.396 e. The second-order valence-corrected chi connectivity index (χ2v) is 4.42. The zero-order chi connectivity index (χ0) is 12.5. The fourth-order valence-corrected chi connectivity index (χ4v) is 1.32. The van der Waals surface area contributed by atoms with Crippen molar-refractivity contribution < 1.29 is 18.3 Å². The van der Waals surface area contributed by atoms with E-state index in [4.69, 9.17) is 10.8 Å². The molecular formula is C11H14F3NO. The van der Waals surface area contributed by atoms with Crippen LogP contribution in [0.4, 0.5) is 13.2 Å². The summed E-state index contributed by atoms with van der Waals surface area (Å²) in [5.41, 5.74) is 4.56. The molecule has 1 rings (SSSR count). The molecule has 0 fully saturated rings. The van der Waals surface area contributed by atoms with E-state index < -0.39 is 28.9 Å². The Bertz CT molecular complexity index is 393. The zero-order valence-corrected chi connectivity index (χ0v) is 9.10. The third-order valence-electron chi connectivity index (χ3n) is 2.61. The molecule has 1 aromatic carbocycles. The van der Waals surface area contributed by atoms with E-state index in [1.165, 1.54) is 0 Å². The lowest BCUT2D eigenvalue weighted by atomic mass is 9.81. The third-order valence-corrected chi connectivity index (χ3v) is 2.61. The second-order valence-electron chi connectivity index (χ2n) is 4.42. The summed E-state index contributed by atoms with van der Waals surface area (Å²) in [7, 11) is 0. The molecule has 0 unspecified atom stereocenters. The minimum atomic E-state index is -1.28. The van der Waals surface area contributed by atoms with Crippen LogP contribution in [0.2, 0.25) is 0 Å². The molecular weight excluding hydrogens is 219 g/mol. The van der Waals surface area contributed by atoms with Crippen molar-refractivity contribution in [2.24, 2.45) is 11.1 Å². The topological polar surface area (TPSA) is 46.2 Å². The van der Waals surface area contributed by atoms with Crippen molar-refractivity contribution in [2.75, 3.05) is 6.61 Å². The average Bonchev–Trinajstić information content (AvgIpc) is 2.22. The number of hydrogen-bond donors (Lipinski definition) is 2. The van der Waals surface area contributed by atoms with Gasteiger partial charge in [0, 0.05) is 29.7 Å². The summed E-state index contributed by atoms with van der Waals surface area (Å²) in [5.74, 6) is -3.34. The predicted molar refractivity (Wildman–Crippen MR) is 54.1 cm³/mol. The first kappa shape index (κ1) is 13.0. The molecule has 0 spiro atoms. The van der Waals surface area contributed by atoms with E-state index >= 15 is 0 Å². The highest BCUT2D eigenvalue weighted by Crippen LogP contribution is 2.33. The highest BCUT2D eigenvalue weighted by molar-refractivity contribution is 5.25. The van der Waals surface area contributed by atoms with Crippen LogP contribution in [-0.2, 0) is 0 Å². The van der Waals surface area contributed by atoms with Crippen LogP contribution in [0.5, 0.6) is 0 Å². The van der Waals surface area contributed by atoms with Gasteiger partial charge in [-0.3, -0.25) is 0 Å². The number of aliphatic hydroxyl groups is 1. The Balaban J connectivity index is 3.23. The van der Waals surface area contributed by atoms with E-state index in [0.717, 1.165) is 6.07 Å². The summed E-state index contributed by atoms with van der Waals surface area (Å²) in [6, 6.07) is 0.320. The summed E-state index contributed by atoms with van der Waals surface area (Å²) < 4.78 is 39.3. The predicted octanol–water partition coefficient (Wildman–Crippen LogP) is 2.12. The van der Waals surface area contributed by atoms with Gasteiger partial charge in [0.1, 0.15) is 5.82 Å². The molecule has 0 aliphatic carbocycles. The molecule has 0 heterocycles. The van der Waals surface area contributed by atoms with Crippen LogP contribution in [0, 0.1) is 22.9 Å². The number of halogens is 3. The molecule has 2 nitrogen and oxygen atoms in total. The molecule has 0 amide bonds. The van der Waals surface area contributed by atoms with Gasteiger partial charge in [-0.1, -0.05) is 13.8 Å². The zero-order valence-electron chi connectivity index (χ0n) is 9.10. The molecule has 0 aliphatic rings. The van der Waals surface area contributed by atoms with Crippen LogP contribution in [0.25, 0.3) is 0 Å². The Labute approximate surface area is 91.9 Å². The highest BCUT2D eigenvalue weighted by atomic mass is 19.2. The number of hydrogen-bond acceptors (Lipinski definition) is 2. The first-order valence-electron chi connectivity index (χ1n) is 4.80. The monoisotopic (exact) mass is 233 g/mol. The van der Waals surface area contributed by atoms with Crippen LogP contribution in [0.1, 0.15) is 25.5 Å². The minimum Gasteiger partial charge on any atom is -0.396 e. The van der Waals surface area contributed by atoms with Gasteiger partial charge in [-0.25, -0.2) is 13.2 Å². The Morgan fingerprint density at radius 1 is 1.31 bits per heavy atom. The smallest absolute Gasteiger partial charge is 0.163 e. The molecule has 0 saturated heterocycles. The van der Waals surface area contributed by atoms with E-state index in [2.05, 4.69) is 0 Å². The molecule has 90 valence electrons. The molecule has 0 radical (unpaired) electrons. The Hall–Kier alpha value is -1.07. The molecule has 16 heavy (non-hydrogen) atoms. The Morgan fingerprint density at radius 2 is 1.88 bits per heavy atom. The molecule has 1 atom stereocenters. The van der Waals surface area contributed by atoms with Gasteiger partial charge in [-0.2, -0.15) is 0 Å². The van der Waals surface area contributed by atoms with Gasteiger partial charge in [-0.05, 0) is 6.07 Å². The van der Waals surface area contributed by atoms with Crippen LogP contribution >= 0.6 is 0 Å². The third kappa shape index (κ3) is 2.36. The maximum atomic E-state index is 13.4. The highest BCUT2D eigenvalue weighted by Gasteiger charge is 2.30. The van der Waals surface area contributed by atoms with Crippen LogP contribution < -0.4 is 5.73 Å². The first-order valence-corrected chi connectivity index (χ1v) is 4.80. The molecule has 0 aromatic heterocycles. The molecule has 0 saturated carbocycles. The van der Waals surface area contributed by atoms with Gasteiger partial charge in [0.05, 0.1) is 0 Å². The van der Waals surface area contributed by atoms with Crippen molar-refractivity contribution in [3.8, 4) is 0 Å². The lowest BCUT2D eigenvalue weighted by Crippen LogP contribution is -2.33. The van der Waals surface area contributed by atoms with Crippen molar-refractivity contribution in [3.05, 3.63) is 35.1 Å². The lowest BCUT2D eigenvalue weighted by Gasteiger charge is -2.30. The Kier molecular flexibility index (Phi) is 3.60. The van der Waals surface area contributed by atoms with Crippen molar-refractivity contribution in [2.45, 2.75) is 19.9 Å². The molecule has 1 aromatic rings. The van der Waals surface area contributed by atoms with E-state index in [1.807, 2.05) is 0 Å². The molecule has 3 N–H and O–H groups in total. The van der Waals surface area contributed by atoms with Crippen LogP contribution in [-0.4, -0.2) is 11.7 Å². The maximum absolute atomic E-state index is 13.4. The maximum Gasteiger partial charge on any atom is 0.163 e. The van der Waals surface area contributed by atoms with E-state index in [1.54, 1.807) is 13.8 Å². The van der Waals surface area contributed by atoms with Crippen molar-refractivity contribution in [3.63, 3.8) is 0 Å². The summed E-state index contributed by atoms with van der Waals surface area (Å²) in [6.07, 6.45) is 0. The fraction of sp³-hybridized carbons (Fsp3) is 0.455. The molecule has 0 bridgehead atoms.